The van der Waals surface area contributed by atoms with Gasteiger partial charge in [-0.25, -0.2) is 0 Å². The summed E-state index contributed by atoms with van der Waals surface area (Å²) in [5.41, 5.74) is 14.0. The topological polar surface area (TPSA) is 62.4 Å². The summed E-state index contributed by atoms with van der Waals surface area (Å²) < 4.78 is 6.90. The number of nitrogens with zero attached hydrogens (tertiary/aromatic N) is 5. The van der Waals surface area contributed by atoms with Gasteiger partial charge < -0.3 is 13.7 Å². The number of aromatic nitrogens is 3. The van der Waals surface area contributed by atoms with Crippen LogP contribution in [-0.2, 0) is 0 Å². The fraction of sp³-hybridized carbons (Fsp3) is 0.0196. The SMILES string of the molecule is Cc1cc(-c2ccc(-n3c4ccccc4c4c(-n5c6ccccc6c6cc(C#N)ccc65)cccc43)c(C#N)c2)ccc1-n1c2ccccc2c2ccccc21. The van der Waals surface area contributed by atoms with Crippen molar-refractivity contribution < 1.29 is 0 Å². The van der Waals surface area contributed by atoms with E-state index in [1.54, 1.807) is 0 Å². The Balaban J connectivity index is 1.08. The number of hydrogen-bond acceptors (Lipinski definition) is 2. The number of rotatable bonds is 4. The smallest absolute Gasteiger partial charge is 0.101 e. The Morgan fingerprint density at radius 2 is 0.875 bits per heavy atom. The maximum atomic E-state index is 10.7. The molecule has 0 amide bonds. The lowest BCUT2D eigenvalue weighted by Gasteiger charge is -2.15. The van der Waals surface area contributed by atoms with Crippen LogP contribution in [0.1, 0.15) is 16.7 Å². The molecule has 0 spiro atoms. The van der Waals surface area contributed by atoms with E-state index in [0.717, 1.165) is 77.4 Å². The van der Waals surface area contributed by atoms with Crippen LogP contribution in [-0.4, -0.2) is 13.7 Å². The molecule has 0 saturated heterocycles. The van der Waals surface area contributed by atoms with E-state index in [4.69, 9.17) is 0 Å². The van der Waals surface area contributed by atoms with Crippen LogP contribution in [0.25, 0.3) is 93.6 Å². The van der Waals surface area contributed by atoms with Crippen LogP contribution < -0.4 is 0 Å². The van der Waals surface area contributed by atoms with Crippen LogP contribution in [0.15, 0.2) is 170 Å². The fourth-order valence-electron chi connectivity index (χ4n) is 9.02. The number of para-hydroxylation sites is 4. The van der Waals surface area contributed by atoms with Gasteiger partial charge in [0.15, 0.2) is 0 Å². The summed E-state index contributed by atoms with van der Waals surface area (Å²) in [6.07, 6.45) is 0. The highest BCUT2D eigenvalue weighted by Crippen LogP contribution is 2.41. The second kappa shape index (κ2) is 12.1. The van der Waals surface area contributed by atoms with Crippen molar-refractivity contribution in [3.63, 3.8) is 0 Å². The lowest BCUT2D eigenvalue weighted by atomic mass is 9.99. The summed E-state index contributed by atoms with van der Waals surface area (Å²) in [6.45, 7) is 2.16. The van der Waals surface area contributed by atoms with Crippen LogP contribution in [0.5, 0.6) is 0 Å². The Labute approximate surface area is 322 Å². The normalized spacial score (nSPS) is 11.6. The highest BCUT2D eigenvalue weighted by atomic mass is 15.0. The number of benzene rings is 8. The van der Waals surface area contributed by atoms with Crippen molar-refractivity contribution >= 4 is 65.4 Å². The third-order valence-corrected chi connectivity index (χ3v) is 11.4. The van der Waals surface area contributed by atoms with Gasteiger partial charge in [-0.2, -0.15) is 10.5 Å². The Morgan fingerprint density at radius 3 is 1.50 bits per heavy atom. The first-order valence-electron chi connectivity index (χ1n) is 18.7. The zero-order chi connectivity index (χ0) is 37.5. The van der Waals surface area contributed by atoms with Gasteiger partial charge >= 0.3 is 0 Å². The van der Waals surface area contributed by atoms with Gasteiger partial charge in [0.05, 0.1) is 61.7 Å². The first kappa shape index (κ1) is 31.6. The van der Waals surface area contributed by atoms with E-state index in [1.165, 1.54) is 21.8 Å². The van der Waals surface area contributed by atoms with Crippen molar-refractivity contribution in [2.24, 2.45) is 0 Å². The van der Waals surface area contributed by atoms with Gasteiger partial charge in [0, 0.05) is 38.0 Å². The number of aryl methyl sites for hydroxylation is 1. The minimum Gasteiger partial charge on any atom is -0.309 e. The van der Waals surface area contributed by atoms with E-state index in [-0.39, 0.29) is 0 Å². The van der Waals surface area contributed by atoms with Gasteiger partial charge in [0.2, 0.25) is 0 Å². The molecule has 0 unspecified atom stereocenters. The standard InChI is InChI=1S/C51H31N5/c1-32-27-34(22-25-42(32)54-44-15-6-2-11-37(44)38-12-3-7-16-45(38)54)35-23-26-43(36(29-35)31-53)55-47-18-9-5-14-40(47)51-49(55)19-10-20-50(51)56-46-17-8-4-13-39(46)41-28-33(30-52)21-24-48(41)56/h2-29H,1H3. The second-order valence-electron chi connectivity index (χ2n) is 14.4. The number of nitriles is 2. The number of fused-ring (bicyclic) bond motifs is 9. The van der Waals surface area contributed by atoms with Gasteiger partial charge in [0.25, 0.3) is 0 Å². The molecular formula is C51H31N5. The van der Waals surface area contributed by atoms with Gasteiger partial charge in [-0.05, 0) is 102 Å². The Morgan fingerprint density at radius 1 is 0.375 bits per heavy atom. The average molecular weight is 714 g/mol. The van der Waals surface area contributed by atoms with Crippen molar-refractivity contribution in [3.05, 3.63) is 187 Å². The largest absolute Gasteiger partial charge is 0.309 e. The summed E-state index contributed by atoms with van der Waals surface area (Å²) in [4.78, 5) is 0. The van der Waals surface area contributed by atoms with Gasteiger partial charge in [-0.1, -0.05) is 91.0 Å². The van der Waals surface area contributed by atoms with Crippen molar-refractivity contribution in [3.8, 4) is 40.3 Å². The van der Waals surface area contributed by atoms with Crippen LogP contribution in [0.3, 0.4) is 0 Å². The molecule has 5 heteroatoms. The van der Waals surface area contributed by atoms with E-state index < -0.39 is 0 Å². The predicted molar refractivity (Wildman–Crippen MR) is 229 cm³/mol. The highest BCUT2D eigenvalue weighted by Gasteiger charge is 2.21. The summed E-state index contributed by atoms with van der Waals surface area (Å²) in [5, 5.41) is 27.3. The molecule has 0 radical (unpaired) electrons. The summed E-state index contributed by atoms with van der Waals surface area (Å²) in [7, 11) is 0. The zero-order valence-corrected chi connectivity index (χ0v) is 30.4. The van der Waals surface area contributed by atoms with E-state index in [1.807, 2.05) is 24.3 Å². The Kier molecular flexibility index (Phi) is 6.83. The minimum absolute atomic E-state index is 0.598. The third-order valence-electron chi connectivity index (χ3n) is 11.4. The molecule has 3 aromatic heterocycles. The molecule has 11 rings (SSSR count). The van der Waals surface area contributed by atoms with Crippen LogP contribution in [0.2, 0.25) is 0 Å². The lowest BCUT2D eigenvalue weighted by molar-refractivity contribution is 1.15. The molecule has 0 N–H and O–H groups in total. The highest BCUT2D eigenvalue weighted by molar-refractivity contribution is 6.17. The summed E-state index contributed by atoms with van der Waals surface area (Å²) in [5.74, 6) is 0. The maximum Gasteiger partial charge on any atom is 0.101 e. The molecule has 5 nitrogen and oxygen atoms in total. The van der Waals surface area contributed by atoms with E-state index in [2.05, 4.69) is 178 Å². The monoisotopic (exact) mass is 713 g/mol. The molecule has 11 aromatic rings. The quantitative estimate of drug-likeness (QED) is 0.182. The molecule has 0 aliphatic rings. The van der Waals surface area contributed by atoms with Crippen molar-refractivity contribution in [1.29, 1.82) is 10.5 Å². The van der Waals surface area contributed by atoms with Crippen LogP contribution in [0, 0.1) is 29.6 Å². The number of hydrogen-bond donors (Lipinski definition) is 0. The van der Waals surface area contributed by atoms with Crippen molar-refractivity contribution in [2.45, 2.75) is 6.92 Å². The van der Waals surface area contributed by atoms with Crippen molar-refractivity contribution in [1.82, 2.24) is 13.7 Å². The molecule has 56 heavy (non-hydrogen) atoms. The average Bonchev–Trinajstić information content (AvgIpc) is 3.89. The van der Waals surface area contributed by atoms with E-state index in [9.17, 15) is 10.5 Å². The zero-order valence-electron chi connectivity index (χ0n) is 30.4. The first-order chi connectivity index (χ1) is 27.6. The lowest BCUT2D eigenvalue weighted by Crippen LogP contribution is -2.00. The molecule has 3 heterocycles. The van der Waals surface area contributed by atoms with Gasteiger partial charge in [0.1, 0.15) is 6.07 Å². The molecule has 0 saturated carbocycles. The fourth-order valence-corrected chi connectivity index (χ4v) is 9.02. The van der Waals surface area contributed by atoms with E-state index >= 15 is 0 Å². The molecule has 8 aromatic carbocycles. The summed E-state index contributed by atoms with van der Waals surface area (Å²) in [6, 6.07) is 64.0. The molecule has 0 fully saturated rings. The molecule has 0 aliphatic heterocycles. The molecule has 0 aliphatic carbocycles. The predicted octanol–water partition coefficient (Wildman–Crippen LogP) is 12.7. The first-order valence-corrected chi connectivity index (χ1v) is 18.7. The van der Waals surface area contributed by atoms with Gasteiger partial charge in [-0.15, -0.1) is 0 Å². The van der Waals surface area contributed by atoms with Crippen LogP contribution >= 0.6 is 0 Å². The molecule has 0 bridgehead atoms. The molecule has 260 valence electrons. The molecular weight excluding hydrogens is 683 g/mol. The Bertz CT molecular complexity index is 3470. The van der Waals surface area contributed by atoms with Crippen LogP contribution in [0.4, 0.5) is 0 Å². The Hall–Kier alpha value is -7.86. The summed E-state index contributed by atoms with van der Waals surface area (Å²) >= 11 is 0. The van der Waals surface area contributed by atoms with Crippen molar-refractivity contribution in [2.75, 3.05) is 0 Å². The molecule has 0 atom stereocenters. The minimum atomic E-state index is 0.598. The maximum absolute atomic E-state index is 10.7. The third kappa shape index (κ3) is 4.46. The second-order valence-corrected chi connectivity index (χ2v) is 14.4. The van der Waals surface area contributed by atoms with E-state index in [0.29, 0.717) is 11.1 Å². The van der Waals surface area contributed by atoms with Gasteiger partial charge in [-0.3, -0.25) is 0 Å².